The third-order valence-electron chi connectivity index (χ3n) is 3.60. The minimum Gasteiger partial charge on any atom is -0.376 e. The van der Waals surface area contributed by atoms with Crippen LogP contribution in [0.5, 0.6) is 0 Å². The predicted molar refractivity (Wildman–Crippen MR) is 77.9 cm³/mol. The monoisotopic (exact) mass is 328 g/mol. The van der Waals surface area contributed by atoms with Gasteiger partial charge in [0.15, 0.2) is 0 Å². The van der Waals surface area contributed by atoms with Crippen molar-refractivity contribution >= 4 is 27.3 Å². The first-order chi connectivity index (χ1) is 9.04. The third-order valence-corrected chi connectivity index (χ3v) is 4.25. The van der Waals surface area contributed by atoms with E-state index in [9.17, 15) is 10.1 Å². The van der Waals surface area contributed by atoms with E-state index in [0.29, 0.717) is 17.6 Å². The molecule has 2 rings (SSSR count). The summed E-state index contributed by atoms with van der Waals surface area (Å²) in [5, 5.41) is 11.8. The lowest BCUT2D eigenvalue weighted by Crippen LogP contribution is -2.37. The largest absolute Gasteiger partial charge is 0.376 e. The van der Waals surface area contributed by atoms with Crippen LogP contribution < -0.4 is 4.90 Å². The Morgan fingerprint density at radius 2 is 2.32 bits per heavy atom. The number of ether oxygens (including phenoxy) is 1. The molecular formula is C13H17BrN2O3. The van der Waals surface area contributed by atoms with E-state index < -0.39 is 0 Å². The molecule has 104 valence electrons. The van der Waals surface area contributed by atoms with Crippen LogP contribution in [0.1, 0.15) is 18.9 Å². The molecule has 1 aromatic carbocycles. The topological polar surface area (TPSA) is 55.6 Å². The second-order valence-corrected chi connectivity index (χ2v) is 5.32. The van der Waals surface area contributed by atoms with Crippen LogP contribution in [0.25, 0.3) is 0 Å². The van der Waals surface area contributed by atoms with Crippen molar-refractivity contribution in [2.45, 2.75) is 30.8 Å². The average molecular weight is 329 g/mol. The molecule has 1 heterocycles. The van der Waals surface area contributed by atoms with Gasteiger partial charge in [0.2, 0.25) is 0 Å². The van der Waals surface area contributed by atoms with Crippen molar-refractivity contribution in [3.63, 3.8) is 0 Å². The fourth-order valence-corrected chi connectivity index (χ4v) is 2.85. The molecule has 2 unspecified atom stereocenters. The summed E-state index contributed by atoms with van der Waals surface area (Å²) in [6.45, 7) is 2.72. The lowest BCUT2D eigenvalue weighted by Gasteiger charge is -2.28. The molecule has 2 atom stereocenters. The van der Waals surface area contributed by atoms with Gasteiger partial charge in [-0.3, -0.25) is 10.1 Å². The SMILES string of the molecule is CC1OCCC1N(C)c1ccc(CBr)cc1[N+](=O)[O-]. The number of benzene rings is 1. The third kappa shape index (κ3) is 2.90. The van der Waals surface area contributed by atoms with E-state index in [0.717, 1.165) is 12.0 Å². The minimum atomic E-state index is -0.321. The van der Waals surface area contributed by atoms with Crippen molar-refractivity contribution in [1.82, 2.24) is 0 Å². The molecule has 0 aliphatic carbocycles. The summed E-state index contributed by atoms with van der Waals surface area (Å²) in [4.78, 5) is 12.9. The van der Waals surface area contributed by atoms with Gasteiger partial charge in [0.25, 0.3) is 5.69 Å². The Balaban J connectivity index is 2.35. The van der Waals surface area contributed by atoms with E-state index in [4.69, 9.17) is 4.74 Å². The van der Waals surface area contributed by atoms with E-state index >= 15 is 0 Å². The Morgan fingerprint density at radius 3 is 2.84 bits per heavy atom. The smallest absolute Gasteiger partial charge is 0.292 e. The fraction of sp³-hybridized carbons (Fsp3) is 0.538. The number of nitro benzene ring substituents is 1. The summed E-state index contributed by atoms with van der Waals surface area (Å²) in [5.74, 6) is 0. The molecule has 0 N–H and O–H groups in total. The molecule has 0 saturated carbocycles. The quantitative estimate of drug-likeness (QED) is 0.484. The van der Waals surface area contributed by atoms with Crippen molar-refractivity contribution < 1.29 is 9.66 Å². The van der Waals surface area contributed by atoms with Gasteiger partial charge in [-0.25, -0.2) is 0 Å². The molecule has 0 radical (unpaired) electrons. The normalized spacial score (nSPS) is 22.5. The number of rotatable bonds is 4. The molecular weight excluding hydrogens is 312 g/mol. The molecule has 0 aromatic heterocycles. The highest BCUT2D eigenvalue weighted by molar-refractivity contribution is 9.08. The Hall–Kier alpha value is -1.14. The molecule has 1 aliphatic rings. The molecule has 0 spiro atoms. The Kier molecular flexibility index (Phi) is 4.42. The molecule has 6 heteroatoms. The van der Waals surface area contributed by atoms with Gasteiger partial charge < -0.3 is 9.64 Å². The van der Waals surface area contributed by atoms with Crippen LogP contribution in [0.4, 0.5) is 11.4 Å². The maximum atomic E-state index is 11.2. The van der Waals surface area contributed by atoms with Crippen LogP contribution in [-0.2, 0) is 10.1 Å². The highest BCUT2D eigenvalue weighted by Gasteiger charge is 2.31. The van der Waals surface area contributed by atoms with E-state index in [-0.39, 0.29) is 22.8 Å². The van der Waals surface area contributed by atoms with Gasteiger partial charge in [0.1, 0.15) is 5.69 Å². The van der Waals surface area contributed by atoms with Crippen molar-refractivity contribution in [2.24, 2.45) is 0 Å². The summed E-state index contributed by atoms with van der Waals surface area (Å²) in [5.41, 5.74) is 1.70. The van der Waals surface area contributed by atoms with Crippen LogP contribution in [0.15, 0.2) is 18.2 Å². The molecule has 5 nitrogen and oxygen atoms in total. The highest BCUT2D eigenvalue weighted by Crippen LogP contribution is 2.33. The molecule has 1 aliphatic heterocycles. The Bertz CT molecular complexity index is 481. The zero-order chi connectivity index (χ0) is 14.0. The average Bonchev–Trinajstić information content (AvgIpc) is 2.83. The van der Waals surface area contributed by atoms with Crippen LogP contribution in [0.2, 0.25) is 0 Å². The first-order valence-corrected chi connectivity index (χ1v) is 7.34. The minimum absolute atomic E-state index is 0.0976. The van der Waals surface area contributed by atoms with Gasteiger partial charge in [-0.1, -0.05) is 22.0 Å². The summed E-state index contributed by atoms with van der Waals surface area (Å²) in [6.07, 6.45) is 0.995. The Morgan fingerprint density at radius 1 is 1.58 bits per heavy atom. The zero-order valence-electron chi connectivity index (χ0n) is 11.0. The van der Waals surface area contributed by atoms with Gasteiger partial charge >= 0.3 is 0 Å². The summed E-state index contributed by atoms with van der Waals surface area (Å²) in [7, 11) is 1.89. The number of anilines is 1. The molecule has 0 amide bonds. The first kappa shape index (κ1) is 14.3. The predicted octanol–water partition coefficient (Wildman–Crippen LogP) is 3.10. The molecule has 1 saturated heterocycles. The molecule has 0 bridgehead atoms. The second kappa shape index (κ2) is 5.88. The Labute approximate surface area is 120 Å². The molecule has 19 heavy (non-hydrogen) atoms. The van der Waals surface area contributed by atoms with Crippen molar-refractivity contribution in [2.75, 3.05) is 18.6 Å². The number of likely N-dealkylation sites (N-methyl/N-ethyl adjacent to an activating group) is 1. The summed E-state index contributed by atoms with van der Waals surface area (Å²) >= 11 is 3.32. The zero-order valence-corrected chi connectivity index (χ0v) is 12.6. The van der Waals surface area contributed by atoms with Gasteiger partial charge in [0, 0.05) is 25.1 Å². The fourth-order valence-electron chi connectivity index (χ4n) is 2.50. The number of nitrogens with zero attached hydrogens (tertiary/aromatic N) is 2. The number of nitro groups is 1. The van der Waals surface area contributed by atoms with E-state index in [1.54, 1.807) is 6.07 Å². The molecule has 1 fully saturated rings. The number of halogens is 1. The van der Waals surface area contributed by atoms with E-state index in [1.807, 2.05) is 31.0 Å². The van der Waals surface area contributed by atoms with Crippen LogP contribution in [0, 0.1) is 10.1 Å². The lowest BCUT2D eigenvalue weighted by molar-refractivity contribution is -0.384. The van der Waals surface area contributed by atoms with Crippen molar-refractivity contribution in [1.29, 1.82) is 0 Å². The first-order valence-electron chi connectivity index (χ1n) is 6.22. The van der Waals surface area contributed by atoms with Gasteiger partial charge in [-0.15, -0.1) is 0 Å². The van der Waals surface area contributed by atoms with Crippen molar-refractivity contribution in [3.05, 3.63) is 33.9 Å². The van der Waals surface area contributed by atoms with Crippen molar-refractivity contribution in [3.8, 4) is 0 Å². The van der Waals surface area contributed by atoms with E-state index in [1.165, 1.54) is 0 Å². The van der Waals surface area contributed by atoms with E-state index in [2.05, 4.69) is 15.9 Å². The maximum absolute atomic E-state index is 11.2. The highest BCUT2D eigenvalue weighted by atomic mass is 79.9. The summed E-state index contributed by atoms with van der Waals surface area (Å²) in [6, 6.07) is 5.54. The maximum Gasteiger partial charge on any atom is 0.292 e. The van der Waals surface area contributed by atoms with Crippen LogP contribution in [0.3, 0.4) is 0 Å². The molecule has 1 aromatic rings. The summed E-state index contributed by atoms with van der Waals surface area (Å²) < 4.78 is 5.53. The number of hydrogen-bond acceptors (Lipinski definition) is 4. The lowest BCUT2D eigenvalue weighted by atomic mass is 10.1. The van der Waals surface area contributed by atoms with Gasteiger partial charge in [-0.2, -0.15) is 0 Å². The standard InChI is InChI=1S/C13H17BrN2O3/c1-9-11(5-6-19-9)15(2)12-4-3-10(8-14)7-13(12)16(17)18/h3-4,7,9,11H,5-6,8H2,1-2H3. The van der Waals surface area contributed by atoms with Crippen LogP contribution in [-0.4, -0.2) is 30.7 Å². The van der Waals surface area contributed by atoms with Crippen LogP contribution >= 0.6 is 15.9 Å². The van der Waals surface area contributed by atoms with Gasteiger partial charge in [0.05, 0.1) is 17.1 Å². The second-order valence-electron chi connectivity index (χ2n) is 4.76. The van der Waals surface area contributed by atoms with Gasteiger partial charge in [-0.05, 0) is 25.0 Å². The number of alkyl halides is 1. The number of hydrogen-bond donors (Lipinski definition) is 0.